The Kier molecular flexibility index (Phi) is 8.24. The first-order valence-corrected chi connectivity index (χ1v) is 17.0. The lowest BCUT2D eigenvalue weighted by Crippen LogP contribution is -2.69. The van der Waals surface area contributed by atoms with Crippen LogP contribution >= 0.6 is 23.2 Å². The van der Waals surface area contributed by atoms with Crippen LogP contribution < -0.4 is 0 Å². The summed E-state index contributed by atoms with van der Waals surface area (Å²) in [4.78, 5) is 16.0. The Hall–Kier alpha value is -4.88. The van der Waals surface area contributed by atoms with Gasteiger partial charge in [-0.15, -0.1) is 0 Å². The highest BCUT2D eigenvalue weighted by molar-refractivity contribution is 6.30. The summed E-state index contributed by atoms with van der Waals surface area (Å²) in [6.07, 6.45) is 2.11. The van der Waals surface area contributed by atoms with Gasteiger partial charge in [0.2, 0.25) is 5.60 Å². The van der Waals surface area contributed by atoms with Gasteiger partial charge in [-0.3, -0.25) is 4.90 Å². The predicted octanol–water partition coefficient (Wildman–Crippen LogP) is 9.52. The zero-order chi connectivity index (χ0) is 33.4. The summed E-state index contributed by atoms with van der Waals surface area (Å²) in [5, 5.41) is 10.8. The summed E-state index contributed by atoms with van der Waals surface area (Å²) in [6.45, 7) is 3.13. The Bertz CT molecular complexity index is 2040. The smallest absolute Gasteiger partial charge is 0.346 e. The summed E-state index contributed by atoms with van der Waals surface area (Å²) in [7, 11) is 0. The summed E-state index contributed by atoms with van der Waals surface area (Å²) in [5.41, 5.74) is 5.17. The summed E-state index contributed by atoms with van der Waals surface area (Å²) in [5.74, 6) is -1.58. The molecule has 0 amide bonds. The molecule has 5 aromatic rings. The molecule has 0 unspecified atom stereocenters. The van der Waals surface area contributed by atoms with Crippen LogP contribution in [0.2, 0.25) is 10.0 Å². The molecule has 6 nitrogen and oxygen atoms in total. The van der Waals surface area contributed by atoms with E-state index in [-0.39, 0.29) is 6.04 Å². The van der Waals surface area contributed by atoms with E-state index in [0.717, 1.165) is 33.5 Å². The molecular weight excluding hydrogens is 653 g/mol. The minimum absolute atomic E-state index is 0.00945. The van der Waals surface area contributed by atoms with Crippen LogP contribution in [0.3, 0.4) is 0 Å². The molecular formula is C41H33Cl2N3O3. The van der Waals surface area contributed by atoms with Crippen LogP contribution in [0.4, 0.5) is 0 Å². The van der Waals surface area contributed by atoms with E-state index in [4.69, 9.17) is 42.8 Å². The predicted molar refractivity (Wildman–Crippen MR) is 195 cm³/mol. The van der Waals surface area contributed by atoms with Crippen molar-refractivity contribution in [2.45, 2.75) is 30.3 Å². The van der Waals surface area contributed by atoms with Gasteiger partial charge in [0.1, 0.15) is 0 Å². The third-order valence-electron chi connectivity index (χ3n) is 9.67. The third kappa shape index (κ3) is 5.60. The molecule has 244 valence electrons. The van der Waals surface area contributed by atoms with Crippen molar-refractivity contribution in [3.63, 3.8) is 0 Å². The number of hydrogen-bond donors (Lipinski definition) is 0. The first-order valence-electron chi connectivity index (χ1n) is 16.3. The van der Waals surface area contributed by atoms with Gasteiger partial charge >= 0.3 is 5.79 Å². The molecule has 0 bridgehead atoms. The highest BCUT2D eigenvalue weighted by atomic mass is 35.5. The molecule has 2 spiro atoms. The van der Waals surface area contributed by atoms with Crippen molar-refractivity contribution in [2.75, 3.05) is 13.1 Å². The molecule has 4 atom stereocenters. The Labute approximate surface area is 295 Å². The number of ether oxygens (including phenoxy) is 1. The largest absolute Gasteiger partial charge is 0.422 e. The van der Waals surface area contributed by atoms with E-state index >= 15 is 0 Å². The summed E-state index contributed by atoms with van der Waals surface area (Å²) in [6, 6.07) is 46.0. The van der Waals surface area contributed by atoms with E-state index in [1.807, 2.05) is 103 Å². The maximum absolute atomic E-state index is 7.10. The van der Waals surface area contributed by atoms with Crippen molar-refractivity contribution in [1.82, 2.24) is 4.90 Å². The quantitative estimate of drug-likeness (QED) is 0.179. The first-order chi connectivity index (χ1) is 24.0. The minimum atomic E-state index is -1.50. The van der Waals surface area contributed by atoms with E-state index in [2.05, 4.69) is 59.5 Å². The second-order valence-corrected chi connectivity index (χ2v) is 13.5. The highest BCUT2D eigenvalue weighted by Gasteiger charge is 2.74. The molecule has 3 heterocycles. The van der Waals surface area contributed by atoms with Crippen LogP contribution in [0.5, 0.6) is 0 Å². The second-order valence-electron chi connectivity index (χ2n) is 12.6. The van der Waals surface area contributed by atoms with Gasteiger partial charge in [0.05, 0.1) is 18.2 Å². The molecule has 0 N–H and O–H groups in total. The molecule has 0 saturated carbocycles. The van der Waals surface area contributed by atoms with Gasteiger partial charge in [-0.2, -0.15) is 0 Å². The standard InChI is InChI=1S/C41H33Cl2N3O3/c1-28(30-11-5-2-6-12-30)46-26-34(25-29-17-21-35(42)22-18-29)41(47-39(45-49-41)33-15-9-4-10-16-33)40(27-46)37(31-19-23-36(43)24-20-31)38(44-48-40)32-13-7-3-8-14-32/h2-25,28,37H,26-27H2,1H3/b34-25+/t28-,37-,40-,41+/m1/s1. The molecule has 49 heavy (non-hydrogen) atoms. The van der Waals surface area contributed by atoms with Crippen molar-refractivity contribution in [1.29, 1.82) is 0 Å². The molecule has 1 saturated heterocycles. The number of nitrogens with zero attached hydrogens (tertiary/aromatic N) is 3. The van der Waals surface area contributed by atoms with Gasteiger partial charge in [-0.1, -0.05) is 131 Å². The average Bonchev–Trinajstić information content (AvgIpc) is 3.77. The molecule has 8 heteroatoms. The Morgan fingerprint density at radius 1 is 0.714 bits per heavy atom. The minimum Gasteiger partial charge on any atom is -0.422 e. The molecule has 1 fully saturated rings. The molecule has 0 aliphatic carbocycles. The van der Waals surface area contributed by atoms with E-state index < -0.39 is 17.3 Å². The lowest BCUT2D eigenvalue weighted by Gasteiger charge is -2.52. The van der Waals surface area contributed by atoms with E-state index in [9.17, 15) is 0 Å². The topological polar surface area (TPSA) is 55.7 Å². The monoisotopic (exact) mass is 685 g/mol. The molecule has 0 radical (unpaired) electrons. The fraction of sp³-hybridized carbons (Fsp3) is 0.171. The van der Waals surface area contributed by atoms with Gasteiger partial charge in [0.15, 0.2) is 0 Å². The van der Waals surface area contributed by atoms with Gasteiger partial charge in [-0.05, 0) is 71.2 Å². The van der Waals surface area contributed by atoms with E-state index in [0.29, 0.717) is 29.0 Å². The zero-order valence-electron chi connectivity index (χ0n) is 26.7. The Morgan fingerprint density at radius 3 is 1.96 bits per heavy atom. The Morgan fingerprint density at radius 2 is 1.31 bits per heavy atom. The Balaban J connectivity index is 1.36. The normalized spacial score (nSPS) is 24.6. The van der Waals surface area contributed by atoms with Crippen LogP contribution in [0, 0.1) is 0 Å². The number of rotatable bonds is 6. The van der Waals surface area contributed by atoms with Crippen molar-refractivity contribution in [2.24, 2.45) is 10.3 Å². The molecule has 3 aliphatic rings. The SMILES string of the molecule is C[C@H](c1ccccc1)N1C/C(=C\c2ccc(Cl)cc2)[C@]2(ON=C(c3ccccc3)O2)[C@]2(C1)ON=C(c1ccccc1)[C@H]2c1ccc(Cl)cc1. The van der Waals surface area contributed by atoms with Crippen molar-refractivity contribution in [3.8, 4) is 0 Å². The fourth-order valence-corrected chi connectivity index (χ4v) is 7.42. The third-order valence-corrected chi connectivity index (χ3v) is 10.2. The van der Waals surface area contributed by atoms with Crippen LogP contribution in [0.15, 0.2) is 155 Å². The summed E-state index contributed by atoms with van der Waals surface area (Å²) >= 11 is 12.8. The number of oxime groups is 2. The number of benzene rings is 5. The van der Waals surface area contributed by atoms with Crippen LogP contribution in [-0.2, 0) is 14.4 Å². The number of fused-ring (bicyclic) bond motifs is 1. The lowest BCUT2D eigenvalue weighted by atomic mass is 9.68. The number of hydrogen-bond acceptors (Lipinski definition) is 6. The zero-order valence-corrected chi connectivity index (χ0v) is 28.3. The molecule has 5 aromatic carbocycles. The van der Waals surface area contributed by atoms with Crippen molar-refractivity contribution < 1.29 is 14.4 Å². The first kappa shape index (κ1) is 31.4. The van der Waals surface area contributed by atoms with Gasteiger partial charge in [-0.25, -0.2) is 0 Å². The number of halogens is 2. The highest BCUT2D eigenvalue weighted by Crippen LogP contribution is 2.57. The van der Waals surface area contributed by atoms with Gasteiger partial charge in [0.25, 0.3) is 5.90 Å². The summed E-state index contributed by atoms with van der Waals surface area (Å²) < 4.78 is 7.10. The number of likely N-dealkylation sites (tertiary alicyclic amines) is 1. The second kappa shape index (κ2) is 12.9. The van der Waals surface area contributed by atoms with Crippen molar-refractivity contribution in [3.05, 3.63) is 183 Å². The van der Waals surface area contributed by atoms with Crippen molar-refractivity contribution >= 4 is 40.9 Å². The van der Waals surface area contributed by atoms with Crippen LogP contribution in [0.25, 0.3) is 6.08 Å². The van der Waals surface area contributed by atoms with Crippen LogP contribution in [-0.4, -0.2) is 41.0 Å². The fourth-order valence-electron chi connectivity index (χ4n) is 7.17. The molecule has 8 rings (SSSR count). The van der Waals surface area contributed by atoms with Crippen LogP contribution in [0.1, 0.15) is 46.7 Å². The van der Waals surface area contributed by atoms with E-state index in [1.54, 1.807) is 0 Å². The molecule has 0 aromatic heterocycles. The van der Waals surface area contributed by atoms with Gasteiger partial charge < -0.3 is 14.4 Å². The van der Waals surface area contributed by atoms with Gasteiger partial charge in [0, 0.05) is 39.3 Å². The maximum atomic E-state index is 7.10. The number of piperidine rings is 1. The maximum Gasteiger partial charge on any atom is 0.346 e. The average molecular weight is 687 g/mol. The van der Waals surface area contributed by atoms with E-state index in [1.165, 1.54) is 5.56 Å². The molecule has 3 aliphatic heterocycles. The lowest BCUT2D eigenvalue weighted by molar-refractivity contribution is -0.279.